The van der Waals surface area contributed by atoms with Gasteiger partial charge in [0.25, 0.3) is 11.5 Å². The van der Waals surface area contributed by atoms with Gasteiger partial charge in [-0.25, -0.2) is 0 Å². The number of fused-ring (bicyclic) bond motifs is 1. The number of nitrogen functional groups attached to an aromatic ring is 1. The highest BCUT2D eigenvalue weighted by molar-refractivity contribution is 7.99. The van der Waals surface area contributed by atoms with Crippen molar-refractivity contribution in [3.8, 4) is 0 Å². The Balaban J connectivity index is 1.32. The first kappa shape index (κ1) is 26.0. The van der Waals surface area contributed by atoms with Gasteiger partial charge in [-0.3, -0.25) is 14.0 Å². The maximum atomic E-state index is 13.0. The Bertz CT molecular complexity index is 1570. The lowest BCUT2D eigenvalue weighted by atomic mass is 9.78. The number of hydrogen-bond acceptors (Lipinski definition) is 8. The number of piperidine rings is 1. The second kappa shape index (κ2) is 10.6. The second-order valence-electron chi connectivity index (χ2n) is 9.68. The first-order valence-electron chi connectivity index (χ1n) is 12.4. The summed E-state index contributed by atoms with van der Waals surface area (Å²) in [5.74, 6) is 0.237. The number of carbonyl (C=O) groups excluding carboxylic acids is 1. The molecule has 9 nitrogen and oxygen atoms in total. The molecule has 0 atom stereocenters. The van der Waals surface area contributed by atoms with Gasteiger partial charge in [-0.15, -0.1) is 10.2 Å². The van der Waals surface area contributed by atoms with Crippen molar-refractivity contribution in [1.29, 1.82) is 0 Å². The Morgan fingerprint density at radius 1 is 1.13 bits per heavy atom. The van der Waals surface area contributed by atoms with Crippen molar-refractivity contribution in [2.24, 2.45) is 5.41 Å². The number of rotatable bonds is 6. The number of pyridine rings is 2. The molecule has 4 aromatic rings. The van der Waals surface area contributed by atoms with Gasteiger partial charge in [0.1, 0.15) is 5.56 Å². The van der Waals surface area contributed by atoms with Crippen molar-refractivity contribution in [2.45, 2.75) is 43.0 Å². The molecular weight excluding hydrogens is 522 g/mol. The van der Waals surface area contributed by atoms with Crippen LogP contribution in [0.25, 0.3) is 5.52 Å². The number of nitrogens with two attached hydrogens (primary N) is 1. The lowest BCUT2D eigenvalue weighted by molar-refractivity contribution is 0.102. The van der Waals surface area contributed by atoms with E-state index in [2.05, 4.69) is 39.2 Å². The van der Waals surface area contributed by atoms with Crippen LogP contribution in [0.1, 0.15) is 43.5 Å². The third-order valence-electron chi connectivity index (χ3n) is 7.20. The predicted octanol–water partition coefficient (Wildman–Crippen LogP) is 5.14. The van der Waals surface area contributed by atoms with Crippen LogP contribution in [-0.2, 0) is 0 Å². The molecule has 0 aliphatic carbocycles. The summed E-state index contributed by atoms with van der Waals surface area (Å²) >= 11 is 7.85. The van der Waals surface area contributed by atoms with Crippen LogP contribution < -0.4 is 21.5 Å². The Kier molecular flexibility index (Phi) is 7.27. The largest absolute Gasteiger partial charge is 0.381 e. The zero-order valence-corrected chi connectivity index (χ0v) is 22.7. The maximum absolute atomic E-state index is 13.0. The van der Waals surface area contributed by atoms with E-state index in [0.29, 0.717) is 37.5 Å². The van der Waals surface area contributed by atoms with Crippen LogP contribution in [0.4, 0.5) is 17.5 Å². The van der Waals surface area contributed by atoms with Gasteiger partial charge < -0.3 is 16.0 Å². The van der Waals surface area contributed by atoms with E-state index in [4.69, 9.17) is 17.3 Å². The fourth-order valence-corrected chi connectivity index (χ4v) is 5.50. The Hall–Kier alpha value is -3.63. The van der Waals surface area contributed by atoms with Crippen LogP contribution in [-0.4, -0.2) is 38.6 Å². The zero-order valence-electron chi connectivity index (χ0n) is 21.1. The first-order chi connectivity index (χ1) is 18.3. The standard InChI is InChI=1S/C27H28ClN7O2S/c1-3-27(2)12-15-34(16-13-27)26-31-22(29)24(32-33-26)38-20-9-6-8-19(21(20)28)30-23(36)18-11-10-17-7-4-5-14-35(17)25(18)37/h4-11,14H,3,12-13,15-16H2,1-2H3,(H,30,36)(H2,29,31,33). The molecule has 0 spiro atoms. The summed E-state index contributed by atoms with van der Waals surface area (Å²) in [7, 11) is 0. The minimum absolute atomic E-state index is 0.00897. The lowest BCUT2D eigenvalue weighted by Crippen LogP contribution is -2.39. The van der Waals surface area contributed by atoms with Crippen molar-refractivity contribution in [2.75, 3.05) is 29.0 Å². The molecule has 1 amide bonds. The van der Waals surface area contributed by atoms with Crippen molar-refractivity contribution >= 4 is 52.2 Å². The number of halogens is 1. The molecule has 0 saturated carbocycles. The van der Waals surface area contributed by atoms with Crippen molar-refractivity contribution in [3.05, 3.63) is 75.7 Å². The van der Waals surface area contributed by atoms with Gasteiger partial charge in [0.05, 0.1) is 10.7 Å². The highest BCUT2D eigenvalue weighted by atomic mass is 35.5. The molecule has 1 aliphatic rings. The number of benzene rings is 1. The van der Waals surface area contributed by atoms with Crippen LogP contribution in [0.15, 0.2) is 69.4 Å². The van der Waals surface area contributed by atoms with Crippen LogP contribution in [0.5, 0.6) is 0 Å². The number of nitrogens with one attached hydrogen (secondary N) is 1. The molecule has 1 aromatic carbocycles. The van der Waals surface area contributed by atoms with E-state index in [0.717, 1.165) is 32.4 Å². The Morgan fingerprint density at radius 3 is 2.66 bits per heavy atom. The van der Waals surface area contributed by atoms with E-state index in [-0.39, 0.29) is 11.4 Å². The van der Waals surface area contributed by atoms with Gasteiger partial charge in [-0.05, 0) is 54.7 Å². The molecule has 3 aromatic heterocycles. The maximum Gasteiger partial charge on any atom is 0.267 e. The van der Waals surface area contributed by atoms with E-state index in [1.54, 1.807) is 42.6 Å². The number of hydrogen-bond donors (Lipinski definition) is 2. The number of nitrogens with zero attached hydrogens (tertiary/aromatic N) is 5. The average molecular weight is 550 g/mol. The summed E-state index contributed by atoms with van der Waals surface area (Å²) in [4.78, 5) is 33.0. The molecule has 11 heteroatoms. The van der Waals surface area contributed by atoms with E-state index in [1.165, 1.54) is 22.2 Å². The van der Waals surface area contributed by atoms with E-state index in [9.17, 15) is 9.59 Å². The summed E-state index contributed by atoms with van der Waals surface area (Å²) in [5.41, 5.74) is 7.26. The topological polar surface area (TPSA) is 119 Å². The molecule has 5 rings (SSSR count). The fourth-order valence-electron chi connectivity index (χ4n) is 4.43. The van der Waals surface area contributed by atoms with Crippen LogP contribution in [0, 0.1) is 5.41 Å². The minimum Gasteiger partial charge on any atom is -0.381 e. The quantitative estimate of drug-likeness (QED) is 0.339. The summed E-state index contributed by atoms with van der Waals surface area (Å²) < 4.78 is 1.42. The van der Waals surface area contributed by atoms with E-state index >= 15 is 0 Å². The highest BCUT2D eigenvalue weighted by Gasteiger charge is 2.29. The number of aromatic nitrogens is 4. The number of anilines is 3. The molecule has 196 valence electrons. The van der Waals surface area contributed by atoms with Gasteiger partial charge in [0, 0.05) is 29.7 Å². The van der Waals surface area contributed by atoms with Gasteiger partial charge in [-0.1, -0.05) is 55.8 Å². The molecule has 1 fully saturated rings. The van der Waals surface area contributed by atoms with Gasteiger partial charge in [-0.2, -0.15) is 4.98 Å². The van der Waals surface area contributed by atoms with Crippen LogP contribution in [0.2, 0.25) is 5.02 Å². The highest BCUT2D eigenvalue weighted by Crippen LogP contribution is 2.39. The number of carbonyl (C=O) groups is 1. The lowest BCUT2D eigenvalue weighted by Gasteiger charge is -2.38. The van der Waals surface area contributed by atoms with E-state index in [1.807, 2.05) is 6.07 Å². The molecule has 1 saturated heterocycles. The summed E-state index contributed by atoms with van der Waals surface area (Å²) in [6, 6.07) is 13.8. The molecular formula is C27H28ClN7O2S. The third kappa shape index (κ3) is 5.19. The first-order valence-corrected chi connectivity index (χ1v) is 13.6. The van der Waals surface area contributed by atoms with Crippen LogP contribution in [0.3, 0.4) is 0 Å². The smallest absolute Gasteiger partial charge is 0.267 e. The molecule has 0 bridgehead atoms. The summed E-state index contributed by atoms with van der Waals surface area (Å²) in [5, 5.41) is 12.1. The minimum atomic E-state index is -0.552. The molecule has 3 N–H and O–H groups in total. The molecule has 4 heterocycles. The van der Waals surface area contributed by atoms with Crippen molar-refractivity contribution < 1.29 is 4.79 Å². The van der Waals surface area contributed by atoms with Gasteiger partial charge in [0.15, 0.2) is 10.8 Å². The predicted molar refractivity (Wildman–Crippen MR) is 151 cm³/mol. The average Bonchev–Trinajstić information content (AvgIpc) is 2.92. The molecule has 1 aliphatic heterocycles. The van der Waals surface area contributed by atoms with Crippen molar-refractivity contribution in [1.82, 2.24) is 19.6 Å². The SMILES string of the molecule is CCC1(C)CCN(c2nnc(Sc3cccc(NC(=O)c4ccc5ccccn5c4=O)c3Cl)c(N)n2)CC1. The fraction of sp³-hybridized carbons (Fsp3) is 0.296. The van der Waals surface area contributed by atoms with Crippen LogP contribution >= 0.6 is 23.4 Å². The second-order valence-corrected chi connectivity index (χ2v) is 11.1. The van der Waals surface area contributed by atoms with E-state index < -0.39 is 11.5 Å². The molecule has 0 radical (unpaired) electrons. The molecule has 38 heavy (non-hydrogen) atoms. The normalized spacial score (nSPS) is 15.0. The van der Waals surface area contributed by atoms with Crippen molar-refractivity contribution in [3.63, 3.8) is 0 Å². The summed E-state index contributed by atoms with van der Waals surface area (Å²) in [6.45, 7) is 6.28. The summed E-state index contributed by atoms with van der Waals surface area (Å²) in [6.07, 6.45) is 4.92. The monoisotopic (exact) mass is 549 g/mol. The third-order valence-corrected chi connectivity index (χ3v) is 8.76. The van der Waals surface area contributed by atoms with Gasteiger partial charge in [0.2, 0.25) is 5.95 Å². The van der Waals surface area contributed by atoms with Gasteiger partial charge >= 0.3 is 0 Å². The number of amides is 1. The Labute approximate surface area is 229 Å². The molecule has 0 unspecified atom stereocenters. The Morgan fingerprint density at radius 2 is 1.92 bits per heavy atom. The zero-order chi connectivity index (χ0) is 26.9.